The van der Waals surface area contributed by atoms with Crippen LogP contribution in [0.5, 0.6) is 0 Å². The third-order valence-electron chi connectivity index (χ3n) is 4.16. The number of aromatic nitrogens is 3. The lowest BCUT2D eigenvalue weighted by Crippen LogP contribution is -2.47. The highest BCUT2D eigenvalue weighted by atomic mass is 127. The number of nitrogens with one attached hydrogen (secondary N) is 2. The number of nitrogens with zero attached hydrogens (tertiary/aromatic N) is 4. The van der Waals surface area contributed by atoms with Gasteiger partial charge in [-0.2, -0.15) is 13.2 Å². The molecule has 1 unspecified atom stereocenters. The second-order valence-corrected chi connectivity index (χ2v) is 7.62. The highest BCUT2D eigenvalue weighted by Gasteiger charge is 2.57. The van der Waals surface area contributed by atoms with Crippen LogP contribution in [0.4, 0.5) is 13.2 Å². The summed E-state index contributed by atoms with van der Waals surface area (Å²) in [6, 6.07) is 0. The summed E-state index contributed by atoms with van der Waals surface area (Å²) >= 11 is 1.53. The molecular formula is C17H26F3IN6OS. The molecule has 0 spiro atoms. The van der Waals surface area contributed by atoms with E-state index >= 15 is 0 Å². The molecular weight excluding hydrogens is 520 g/mol. The summed E-state index contributed by atoms with van der Waals surface area (Å²) in [5.41, 5.74) is -2.16. The van der Waals surface area contributed by atoms with Gasteiger partial charge in [0.1, 0.15) is 5.82 Å². The first kappa shape index (κ1) is 25.6. The molecule has 0 radical (unpaired) electrons. The van der Waals surface area contributed by atoms with Gasteiger partial charge in [0.2, 0.25) is 5.60 Å². The Kier molecular flexibility index (Phi) is 9.34. The summed E-state index contributed by atoms with van der Waals surface area (Å²) in [5, 5.41) is 17.1. The quantitative estimate of drug-likeness (QED) is 0.283. The summed E-state index contributed by atoms with van der Waals surface area (Å²) in [6.07, 6.45) is -2.88. The lowest BCUT2D eigenvalue weighted by atomic mass is 9.97. The second-order valence-electron chi connectivity index (χ2n) is 6.33. The van der Waals surface area contributed by atoms with Gasteiger partial charge >= 0.3 is 6.18 Å². The third-order valence-corrected chi connectivity index (χ3v) is 5.22. The minimum Gasteiger partial charge on any atom is -0.374 e. The van der Waals surface area contributed by atoms with Gasteiger partial charge in [0.05, 0.1) is 17.2 Å². The van der Waals surface area contributed by atoms with E-state index in [9.17, 15) is 18.3 Å². The Morgan fingerprint density at radius 1 is 1.31 bits per heavy atom. The van der Waals surface area contributed by atoms with E-state index in [2.05, 4.69) is 25.6 Å². The number of aliphatic imine (C=N–C) groups is 1. The van der Waals surface area contributed by atoms with E-state index in [0.717, 1.165) is 15.6 Å². The monoisotopic (exact) mass is 546 g/mol. The van der Waals surface area contributed by atoms with Crippen molar-refractivity contribution in [1.29, 1.82) is 0 Å². The summed E-state index contributed by atoms with van der Waals surface area (Å²) < 4.78 is 41.8. The van der Waals surface area contributed by atoms with E-state index in [1.165, 1.54) is 35.3 Å². The molecule has 0 bridgehead atoms. The minimum atomic E-state index is -4.86. The van der Waals surface area contributed by atoms with Crippen molar-refractivity contribution >= 4 is 41.3 Å². The Balaban J connectivity index is 0.00000420. The third kappa shape index (κ3) is 6.28. The number of hydrogen-bond donors (Lipinski definition) is 3. The summed E-state index contributed by atoms with van der Waals surface area (Å²) in [5.74, 6) is -0.0724. The largest absolute Gasteiger partial charge is 0.424 e. The molecule has 2 rings (SSSR count). The Morgan fingerprint density at radius 2 is 2.00 bits per heavy atom. The number of halogens is 4. The van der Waals surface area contributed by atoms with E-state index in [0.29, 0.717) is 19.0 Å². The van der Waals surface area contributed by atoms with Gasteiger partial charge in [-0.05, 0) is 20.8 Å². The molecule has 2 aromatic heterocycles. The van der Waals surface area contributed by atoms with Crippen molar-refractivity contribution in [2.75, 3.05) is 13.1 Å². The van der Waals surface area contributed by atoms with Crippen LogP contribution in [0.15, 0.2) is 17.4 Å². The molecule has 0 amide bonds. The van der Waals surface area contributed by atoms with Crippen molar-refractivity contribution in [2.45, 2.75) is 45.5 Å². The molecule has 2 heterocycles. The lowest BCUT2D eigenvalue weighted by molar-refractivity contribution is -0.272. The highest BCUT2D eigenvalue weighted by molar-refractivity contribution is 14.0. The molecule has 0 aliphatic heterocycles. The molecule has 0 saturated heterocycles. The molecule has 1 atom stereocenters. The molecule has 2 aromatic rings. The predicted octanol–water partition coefficient (Wildman–Crippen LogP) is 3.01. The normalized spacial score (nSPS) is 14.3. The first-order valence-corrected chi connectivity index (χ1v) is 9.62. The lowest BCUT2D eigenvalue weighted by Gasteiger charge is -2.30. The molecule has 12 heteroatoms. The van der Waals surface area contributed by atoms with Crippen molar-refractivity contribution in [3.63, 3.8) is 0 Å². The van der Waals surface area contributed by atoms with E-state index in [-0.39, 0.29) is 30.5 Å². The fraction of sp³-hybridized carbons (Fsp3) is 0.588. The zero-order valence-electron chi connectivity index (χ0n) is 16.7. The van der Waals surface area contributed by atoms with Crippen molar-refractivity contribution in [3.05, 3.63) is 33.8 Å². The van der Waals surface area contributed by atoms with Crippen molar-refractivity contribution in [2.24, 2.45) is 12.0 Å². The van der Waals surface area contributed by atoms with Gasteiger partial charge in [0.25, 0.3) is 0 Å². The maximum absolute atomic E-state index is 13.6. The smallest absolute Gasteiger partial charge is 0.374 e. The first-order valence-electron chi connectivity index (χ1n) is 8.80. The molecule has 0 aliphatic rings. The van der Waals surface area contributed by atoms with Crippen molar-refractivity contribution in [1.82, 2.24) is 25.2 Å². The topological polar surface area (TPSA) is 87.4 Å². The highest BCUT2D eigenvalue weighted by Crippen LogP contribution is 2.40. The van der Waals surface area contributed by atoms with Gasteiger partial charge in [-0.25, -0.2) is 15.0 Å². The molecule has 0 fully saturated rings. The zero-order chi connectivity index (χ0) is 20.9. The maximum atomic E-state index is 13.6. The summed E-state index contributed by atoms with van der Waals surface area (Å²) in [6.45, 7) is 6.44. The molecule has 0 aromatic carbocycles. The molecule has 0 aliphatic carbocycles. The fourth-order valence-electron chi connectivity index (χ4n) is 2.72. The van der Waals surface area contributed by atoms with E-state index in [1.807, 2.05) is 20.8 Å². The predicted molar refractivity (Wildman–Crippen MR) is 118 cm³/mol. The van der Waals surface area contributed by atoms with Gasteiger partial charge in [-0.3, -0.25) is 0 Å². The van der Waals surface area contributed by atoms with Crippen LogP contribution in [-0.4, -0.2) is 44.9 Å². The van der Waals surface area contributed by atoms with E-state index < -0.39 is 24.0 Å². The Bertz CT molecular complexity index is 822. The second kappa shape index (κ2) is 10.6. The fourth-order valence-corrected chi connectivity index (χ4v) is 3.58. The van der Waals surface area contributed by atoms with Crippen LogP contribution in [0, 0.1) is 13.8 Å². The Labute approximate surface area is 188 Å². The SMILES string of the molecule is CCNC(=NCc1sc(C)nc1C)NCCC(O)(c1nccn1C)C(F)(F)F.I. The van der Waals surface area contributed by atoms with Crippen LogP contribution >= 0.6 is 35.3 Å². The van der Waals surface area contributed by atoms with Crippen LogP contribution in [-0.2, 0) is 19.2 Å². The standard InChI is InChI=1S/C17H25F3N6OS.HI/c1-5-21-15(24-10-13-11(2)25-12(3)28-13)23-7-6-16(27,17(18,19)20)14-22-8-9-26(14)4;/h8-9,27H,5-7,10H2,1-4H3,(H2,21,23,24);1H. The number of rotatable bonds is 7. The molecule has 3 N–H and O–H groups in total. The Hall–Kier alpha value is -1.41. The number of alkyl halides is 3. The van der Waals surface area contributed by atoms with Crippen molar-refractivity contribution in [3.8, 4) is 0 Å². The number of aliphatic hydroxyl groups is 1. The first-order chi connectivity index (χ1) is 13.1. The number of imidazole rings is 1. The van der Waals surface area contributed by atoms with Gasteiger partial charge in [-0.1, -0.05) is 0 Å². The molecule has 7 nitrogen and oxygen atoms in total. The average Bonchev–Trinajstić information content (AvgIpc) is 3.16. The summed E-state index contributed by atoms with van der Waals surface area (Å²) in [7, 11) is 1.41. The van der Waals surface area contributed by atoms with Crippen LogP contribution in [0.25, 0.3) is 0 Å². The van der Waals surface area contributed by atoms with Crippen LogP contribution in [0.2, 0.25) is 0 Å². The van der Waals surface area contributed by atoms with Gasteiger partial charge in [-0.15, -0.1) is 35.3 Å². The van der Waals surface area contributed by atoms with E-state index in [1.54, 1.807) is 0 Å². The van der Waals surface area contributed by atoms with Gasteiger partial charge < -0.3 is 20.3 Å². The molecule has 29 heavy (non-hydrogen) atoms. The van der Waals surface area contributed by atoms with Crippen LogP contribution in [0.1, 0.15) is 34.7 Å². The summed E-state index contributed by atoms with van der Waals surface area (Å²) in [4.78, 5) is 13.4. The molecule has 0 saturated carbocycles. The minimum absolute atomic E-state index is 0. The maximum Gasteiger partial charge on any atom is 0.424 e. The number of hydrogen-bond acceptors (Lipinski definition) is 5. The van der Waals surface area contributed by atoms with Crippen LogP contribution in [0.3, 0.4) is 0 Å². The number of aryl methyl sites for hydroxylation is 3. The van der Waals surface area contributed by atoms with Gasteiger partial charge in [0.15, 0.2) is 5.96 Å². The number of guanidine groups is 1. The Morgan fingerprint density at radius 3 is 2.48 bits per heavy atom. The van der Waals surface area contributed by atoms with Crippen molar-refractivity contribution < 1.29 is 18.3 Å². The molecule has 164 valence electrons. The van der Waals surface area contributed by atoms with Crippen LogP contribution < -0.4 is 10.6 Å². The average molecular weight is 546 g/mol. The zero-order valence-corrected chi connectivity index (χ0v) is 19.8. The van der Waals surface area contributed by atoms with Gasteiger partial charge in [0, 0.05) is 43.8 Å². The van der Waals surface area contributed by atoms with E-state index in [4.69, 9.17) is 0 Å². The number of thiazole rings is 1.